The summed E-state index contributed by atoms with van der Waals surface area (Å²) in [7, 11) is 0. The molecule has 0 aromatic carbocycles. The molecule has 0 aliphatic rings. The van der Waals surface area contributed by atoms with Gasteiger partial charge in [0.1, 0.15) is 5.78 Å². The molecule has 0 saturated heterocycles. The third kappa shape index (κ3) is 15.7. The van der Waals surface area contributed by atoms with E-state index in [1.807, 2.05) is 0 Å². The van der Waals surface area contributed by atoms with E-state index in [1.54, 1.807) is 0 Å². The lowest BCUT2D eigenvalue weighted by atomic mass is 10.0. The smallest absolute Gasteiger partial charge is 0.132 e. The molecule has 0 bridgehead atoms. The van der Waals surface area contributed by atoms with Gasteiger partial charge in [0.25, 0.3) is 0 Å². The maximum absolute atomic E-state index is 11.7. The Morgan fingerprint density at radius 3 is 1.15 bits per heavy atom. The van der Waals surface area contributed by atoms with Crippen LogP contribution in [-0.2, 0) is 4.79 Å². The van der Waals surface area contributed by atoms with Crippen LogP contribution >= 0.6 is 0 Å². The van der Waals surface area contributed by atoms with E-state index in [0.717, 1.165) is 25.7 Å². The molecule has 0 radical (unpaired) electrons. The van der Waals surface area contributed by atoms with E-state index < -0.39 is 0 Å². The average Bonchev–Trinajstić information content (AvgIpc) is 2.45. The summed E-state index contributed by atoms with van der Waals surface area (Å²) in [5, 5.41) is 0. The monoisotopic (exact) mass is 282 g/mol. The van der Waals surface area contributed by atoms with E-state index in [2.05, 4.69) is 13.8 Å². The summed E-state index contributed by atoms with van der Waals surface area (Å²) >= 11 is 0. The van der Waals surface area contributed by atoms with E-state index in [9.17, 15) is 4.79 Å². The van der Waals surface area contributed by atoms with Gasteiger partial charge >= 0.3 is 0 Å². The first-order chi connectivity index (χ1) is 9.81. The Morgan fingerprint density at radius 1 is 0.500 bits per heavy atom. The lowest BCUT2D eigenvalue weighted by Crippen LogP contribution is -1.97. The molecule has 0 aliphatic carbocycles. The van der Waals surface area contributed by atoms with Crippen molar-refractivity contribution in [1.29, 1.82) is 0 Å². The van der Waals surface area contributed by atoms with Gasteiger partial charge in [0.05, 0.1) is 0 Å². The highest BCUT2D eigenvalue weighted by atomic mass is 16.1. The Labute approximate surface area is 127 Å². The fourth-order valence-electron chi connectivity index (χ4n) is 2.68. The minimum Gasteiger partial charge on any atom is -0.300 e. The summed E-state index contributed by atoms with van der Waals surface area (Å²) < 4.78 is 0. The summed E-state index contributed by atoms with van der Waals surface area (Å²) in [5.74, 6) is 0.507. The number of unbranched alkanes of at least 4 members (excludes halogenated alkanes) is 12. The zero-order chi connectivity index (χ0) is 14.9. The molecule has 0 aromatic heterocycles. The van der Waals surface area contributed by atoms with Gasteiger partial charge in [-0.3, -0.25) is 4.79 Å². The van der Waals surface area contributed by atoms with Gasteiger partial charge in [-0.2, -0.15) is 0 Å². The Balaban J connectivity index is 3.13. The third-order valence-electron chi connectivity index (χ3n) is 4.12. The van der Waals surface area contributed by atoms with Crippen LogP contribution in [0, 0.1) is 0 Å². The summed E-state index contributed by atoms with van der Waals surface area (Å²) in [6, 6.07) is 0. The number of hydrogen-bond acceptors (Lipinski definition) is 1. The normalized spacial score (nSPS) is 10.9. The number of rotatable bonds is 16. The zero-order valence-corrected chi connectivity index (χ0v) is 14.2. The second-order valence-electron chi connectivity index (χ2n) is 6.28. The van der Waals surface area contributed by atoms with Gasteiger partial charge in [-0.25, -0.2) is 0 Å². The molecule has 1 heteroatoms. The van der Waals surface area contributed by atoms with Gasteiger partial charge in [-0.15, -0.1) is 0 Å². The number of carbonyl (C=O) groups is 1. The van der Waals surface area contributed by atoms with Gasteiger partial charge in [0.15, 0.2) is 0 Å². The molecule has 0 spiro atoms. The molecule has 0 saturated carbocycles. The average molecular weight is 283 g/mol. The van der Waals surface area contributed by atoms with Crippen LogP contribution in [0.2, 0.25) is 0 Å². The Kier molecular flexibility index (Phi) is 16.4. The molecule has 0 amide bonds. The van der Waals surface area contributed by atoms with Crippen LogP contribution in [0.25, 0.3) is 0 Å². The van der Waals surface area contributed by atoms with Crippen molar-refractivity contribution >= 4 is 5.78 Å². The van der Waals surface area contributed by atoms with Crippen LogP contribution in [0.4, 0.5) is 0 Å². The SMILES string of the molecule is CCCCCCCCCC(=O)CCCCCCCCC. The van der Waals surface area contributed by atoms with Crippen LogP contribution < -0.4 is 0 Å². The third-order valence-corrected chi connectivity index (χ3v) is 4.12. The van der Waals surface area contributed by atoms with Crippen LogP contribution in [0.1, 0.15) is 117 Å². The van der Waals surface area contributed by atoms with Crippen molar-refractivity contribution in [3.8, 4) is 0 Å². The largest absolute Gasteiger partial charge is 0.300 e. The Bertz CT molecular complexity index is 178. The molecule has 20 heavy (non-hydrogen) atoms. The topological polar surface area (TPSA) is 17.1 Å². The first-order valence-corrected chi connectivity index (χ1v) is 9.33. The predicted molar refractivity (Wildman–Crippen MR) is 90.2 cm³/mol. The van der Waals surface area contributed by atoms with E-state index in [4.69, 9.17) is 0 Å². The number of Topliss-reactive ketones (excluding diaryl/α,β-unsaturated/α-hetero) is 1. The first-order valence-electron chi connectivity index (χ1n) is 9.33. The van der Waals surface area contributed by atoms with Crippen LogP contribution in [0.3, 0.4) is 0 Å². The Morgan fingerprint density at radius 2 is 0.800 bits per heavy atom. The van der Waals surface area contributed by atoms with Crippen molar-refractivity contribution in [2.24, 2.45) is 0 Å². The second-order valence-corrected chi connectivity index (χ2v) is 6.28. The van der Waals surface area contributed by atoms with E-state index in [0.29, 0.717) is 5.78 Å². The van der Waals surface area contributed by atoms with Crippen LogP contribution in [0.15, 0.2) is 0 Å². The van der Waals surface area contributed by atoms with Crippen molar-refractivity contribution in [2.75, 3.05) is 0 Å². The van der Waals surface area contributed by atoms with Crippen molar-refractivity contribution in [1.82, 2.24) is 0 Å². The van der Waals surface area contributed by atoms with Gasteiger partial charge in [0.2, 0.25) is 0 Å². The molecule has 0 N–H and O–H groups in total. The van der Waals surface area contributed by atoms with E-state index in [1.165, 1.54) is 77.0 Å². The molecule has 0 aromatic rings. The zero-order valence-electron chi connectivity index (χ0n) is 14.2. The molecule has 1 nitrogen and oxygen atoms in total. The molecule has 0 atom stereocenters. The molecule has 0 heterocycles. The first kappa shape index (κ1) is 19.7. The fraction of sp³-hybridized carbons (Fsp3) is 0.947. The molecular formula is C19H38O. The minimum absolute atomic E-state index is 0.507. The van der Waals surface area contributed by atoms with Gasteiger partial charge < -0.3 is 0 Å². The lowest BCUT2D eigenvalue weighted by Gasteiger charge is -2.03. The molecule has 0 fully saturated rings. The van der Waals surface area contributed by atoms with E-state index >= 15 is 0 Å². The quantitative estimate of drug-likeness (QED) is 0.283. The fourth-order valence-corrected chi connectivity index (χ4v) is 2.68. The van der Waals surface area contributed by atoms with Gasteiger partial charge in [-0.1, -0.05) is 90.9 Å². The molecule has 0 unspecified atom stereocenters. The highest BCUT2D eigenvalue weighted by Gasteiger charge is 2.01. The number of carbonyl (C=O) groups excluding carboxylic acids is 1. The molecular weight excluding hydrogens is 244 g/mol. The summed E-state index contributed by atoms with van der Waals surface area (Å²) in [6.45, 7) is 4.50. The van der Waals surface area contributed by atoms with Crippen molar-refractivity contribution in [3.05, 3.63) is 0 Å². The molecule has 0 rings (SSSR count). The van der Waals surface area contributed by atoms with Crippen molar-refractivity contribution in [3.63, 3.8) is 0 Å². The number of hydrogen-bond donors (Lipinski definition) is 0. The summed E-state index contributed by atoms with van der Waals surface area (Å²) in [4.78, 5) is 11.7. The summed E-state index contributed by atoms with van der Waals surface area (Å²) in [6.07, 6.45) is 19.9. The maximum atomic E-state index is 11.7. The highest BCUT2D eigenvalue weighted by Crippen LogP contribution is 2.12. The van der Waals surface area contributed by atoms with Crippen LogP contribution in [-0.4, -0.2) is 5.78 Å². The predicted octanol–water partition coefficient (Wildman–Crippen LogP) is 6.84. The van der Waals surface area contributed by atoms with Gasteiger partial charge in [-0.05, 0) is 12.8 Å². The van der Waals surface area contributed by atoms with Crippen molar-refractivity contribution in [2.45, 2.75) is 117 Å². The summed E-state index contributed by atoms with van der Waals surface area (Å²) in [5.41, 5.74) is 0. The lowest BCUT2D eigenvalue weighted by molar-refractivity contribution is -0.119. The second kappa shape index (κ2) is 16.7. The van der Waals surface area contributed by atoms with Crippen LogP contribution in [0.5, 0.6) is 0 Å². The standard InChI is InChI=1S/C19H38O/c1-3-5-7-9-11-13-15-17-19(20)18-16-14-12-10-8-6-4-2/h3-18H2,1-2H3. The van der Waals surface area contributed by atoms with Gasteiger partial charge in [0, 0.05) is 12.8 Å². The molecule has 0 aliphatic heterocycles. The van der Waals surface area contributed by atoms with E-state index in [-0.39, 0.29) is 0 Å². The minimum atomic E-state index is 0.507. The highest BCUT2D eigenvalue weighted by molar-refractivity contribution is 5.78. The Hall–Kier alpha value is -0.330. The maximum Gasteiger partial charge on any atom is 0.132 e. The number of ketones is 1. The molecule has 120 valence electrons. The van der Waals surface area contributed by atoms with Crippen molar-refractivity contribution < 1.29 is 4.79 Å².